The zero-order valence-corrected chi connectivity index (χ0v) is 16.9. The van der Waals surface area contributed by atoms with E-state index in [1.807, 2.05) is 48.5 Å². The SMILES string of the molecule is CN(Cc1cccc(-c2ccc(NC(=O)c3cccnc3)cc2)c1)C(=O)CNC(=O)O. The zero-order chi connectivity index (χ0) is 22.2. The molecule has 0 aliphatic rings. The summed E-state index contributed by atoms with van der Waals surface area (Å²) < 4.78 is 0. The molecule has 0 aliphatic carbocycles. The normalized spacial score (nSPS) is 10.2. The largest absolute Gasteiger partial charge is 0.465 e. The number of amides is 3. The molecular weight excluding hydrogens is 396 g/mol. The molecule has 0 saturated heterocycles. The standard InChI is InChI=1S/C23H22N4O4/c1-27(21(28)14-25-23(30)31)15-16-4-2-5-18(12-16)17-7-9-20(10-8-17)26-22(29)19-6-3-11-24-13-19/h2-13,25H,14-15H2,1H3,(H,26,29)(H,30,31). The Balaban J connectivity index is 1.64. The molecule has 158 valence electrons. The molecule has 8 heteroatoms. The van der Waals surface area contributed by atoms with Crippen molar-refractivity contribution in [2.75, 3.05) is 18.9 Å². The first-order valence-corrected chi connectivity index (χ1v) is 9.54. The summed E-state index contributed by atoms with van der Waals surface area (Å²) in [6.07, 6.45) is 1.89. The van der Waals surface area contributed by atoms with E-state index in [4.69, 9.17) is 5.11 Å². The molecule has 8 nitrogen and oxygen atoms in total. The van der Waals surface area contributed by atoms with Crippen molar-refractivity contribution >= 4 is 23.6 Å². The molecule has 0 spiro atoms. The molecule has 0 unspecified atom stereocenters. The Hall–Kier alpha value is -4.20. The summed E-state index contributed by atoms with van der Waals surface area (Å²) >= 11 is 0. The Bertz CT molecular complexity index is 1070. The number of likely N-dealkylation sites (N-methyl/N-ethyl adjacent to an activating group) is 1. The number of carboxylic acid groups (broad SMARTS) is 1. The van der Waals surface area contributed by atoms with Gasteiger partial charge in [-0.25, -0.2) is 4.79 Å². The summed E-state index contributed by atoms with van der Waals surface area (Å²) in [4.78, 5) is 40.2. The van der Waals surface area contributed by atoms with Crippen LogP contribution in [0.5, 0.6) is 0 Å². The van der Waals surface area contributed by atoms with Gasteiger partial charge in [-0.2, -0.15) is 0 Å². The van der Waals surface area contributed by atoms with Crippen molar-refractivity contribution in [1.29, 1.82) is 0 Å². The van der Waals surface area contributed by atoms with Crippen LogP contribution >= 0.6 is 0 Å². The molecule has 3 aromatic rings. The third kappa shape index (κ3) is 6.14. The van der Waals surface area contributed by atoms with Crippen LogP contribution in [-0.4, -0.2) is 46.5 Å². The van der Waals surface area contributed by atoms with Gasteiger partial charge in [0, 0.05) is 31.7 Å². The van der Waals surface area contributed by atoms with Crippen molar-refractivity contribution in [3.8, 4) is 11.1 Å². The number of aromatic nitrogens is 1. The van der Waals surface area contributed by atoms with Crippen molar-refractivity contribution in [1.82, 2.24) is 15.2 Å². The second kappa shape index (κ2) is 10.0. The van der Waals surface area contributed by atoms with Gasteiger partial charge in [0.15, 0.2) is 0 Å². The lowest BCUT2D eigenvalue weighted by Gasteiger charge is -2.17. The highest BCUT2D eigenvalue weighted by molar-refractivity contribution is 6.04. The van der Waals surface area contributed by atoms with E-state index >= 15 is 0 Å². The summed E-state index contributed by atoms with van der Waals surface area (Å²) in [6.45, 7) is 0.0883. The van der Waals surface area contributed by atoms with Gasteiger partial charge in [-0.15, -0.1) is 0 Å². The van der Waals surface area contributed by atoms with Crippen LogP contribution in [-0.2, 0) is 11.3 Å². The van der Waals surface area contributed by atoms with Crippen LogP contribution in [0.15, 0.2) is 73.1 Å². The number of hydrogen-bond donors (Lipinski definition) is 3. The highest BCUT2D eigenvalue weighted by Crippen LogP contribution is 2.23. The predicted molar refractivity (Wildman–Crippen MR) is 117 cm³/mol. The molecule has 2 aromatic carbocycles. The number of carbonyl (C=O) groups is 3. The minimum Gasteiger partial charge on any atom is -0.465 e. The minimum atomic E-state index is -1.23. The van der Waals surface area contributed by atoms with Gasteiger partial charge in [0.25, 0.3) is 5.91 Å². The van der Waals surface area contributed by atoms with Gasteiger partial charge in [-0.3, -0.25) is 14.6 Å². The van der Waals surface area contributed by atoms with Crippen LogP contribution in [0.1, 0.15) is 15.9 Å². The lowest BCUT2D eigenvalue weighted by Crippen LogP contribution is -2.37. The van der Waals surface area contributed by atoms with Crippen LogP contribution in [0.3, 0.4) is 0 Å². The average molecular weight is 418 g/mol. The second-order valence-corrected chi connectivity index (χ2v) is 6.88. The van der Waals surface area contributed by atoms with E-state index in [9.17, 15) is 14.4 Å². The molecule has 1 heterocycles. The first-order valence-electron chi connectivity index (χ1n) is 9.54. The Morgan fingerprint density at radius 1 is 1.00 bits per heavy atom. The molecule has 3 N–H and O–H groups in total. The smallest absolute Gasteiger partial charge is 0.405 e. The fourth-order valence-corrected chi connectivity index (χ4v) is 2.94. The Labute approximate surface area is 179 Å². The van der Waals surface area contributed by atoms with Gasteiger partial charge < -0.3 is 20.6 Å². The maximum atomic E-state index is 12.2. The summed E-state index contributed by atoms with van der Waals surface area (Å²) in [7, 11) is 1.62. The number of anilines is 1. The van der Waals surface area contributed by atoms with Gasteiger partial charge >= 0.3 is 6.09 Å². The monoisotopic (exact) mass is 418 g/mol. The number of carbonyl (C=O) groups excluding carboxylic acids is 2. The molecule has 0 bridgehead atoms. The molecular formula is C23H22N4O4. The summed E-state index contributed by atoms with van der Waals surface area (Å²) in [5.74, 6) is -0.547. The van der Waals surface area contributed by atoms with Gasteiger partial charge in [-0.1, -0.05) is 30.3 Å². The van der Waals surface area contributed by atoms with Gasteiger partial charge in [0.2, 0.25) is 5.91 Å². The zero-order valence-electron chi connectivity index (χ0n) is 16.9. The van der Waals surface area contributed by atoms with Crippen molar-refractivity contribution < 1.29 is 19.5 Å². The number of nitrogens with one attached hydrogen (secondary N) is 2. The summed E-state index contributed by atoms with van der Waals surface area (Å²) in [5.41, 5.74) is 3.99. The number of pyridine rings is 1. The Morgan fingerprint density at radius 2 is 1.77 bits per heavy atom. The van der Waals surface area contributed by atoms with E-state index in [-0.39, 0.29) is 18.4 Å². The number of hydrogen-bond acceptors (Lipinski definition) is 4. The van der Waals surface area contributed by atoms with Crippen LogP contribution in [0.4, 0.5) is 10.5 Å². The third-order valence-electron chi connectivity index (χ3n) is 4.56. The quantitative estimate of drug-likeness (QED) is 0.545. The highest BCUT2D eigenvalue weighted by Gasteiger charge is 2.11. The number of nitrogens with zero attached hydrogens (tertiary/aromatic N) is 2. The van der Waals surface area contributed by atoms with E-state index in [0.717, 1.165) is 16.7 Å². The fraction of sp³-hybridized carbons (Fsp3) is 0.130. The van der Waals surface area contributed by atoms with Gasteiger partial charge in [0.05, 0.1) is 5.56 Å². The maximum absolute atomic E-state index is 12.2. The molecule has 0 fully saturated rings. The fourth-order valence-electron chi connectivity index (χ4n) is 2.94. The first kappa shape index (κ1) is 21.5. The molecule has 31 heavy (non-hydrogen) atoms. The van der Waals surface area contributed by atoms with E-state index in [0.29, 0.717) is 17.8 Å². The minimum absolute atomic E-state index is 0.229. The van der Waals surface area contributed by atoms with Crippen LogP contribution in [0.2, 0.25) is 0 Å². The molecule has 3 rings (SSSR count). The van der Waals surface area contributed by atoms with Crippen molar-refractivity contribution in [2.24, 2.45) is 0 Å². The van der Waals surface area contributed by atoms with Crippen molar-refractivity contribution in [3.05, 3.63) is 84.2 Å². The molecule has 0 radical (unpaired) electrons. The van der Waals surface area contributed by atoms with E-state index in [1.54, 1.807) is 25.4 Å². The number of rotatable bonds is 7. The van der Waals surface area contributed by atoms with Crippen LogP contribution in [0, 0.1) is 0 Å². The van der Waals surface area contributed by atoms with Crippen molar-refractivity contribution in [3.63, 3.8) is 0 Å². The van der Waals surface area contributed by atoms with Gasteiger partial charge in [0.1, 0.15) is 6.54 Å². The summed E-state index contributed by atoms with van der Waals surface area (Å²) in [6, 6.07) is 18.6. The maximum Gasteiger partial charge on any atom is 0.405 e. The van der Waals surface area contributed by atoms with E-state index < -0.39 is 6.09 Å². The summed E-state index contributed by atoms with van der Waals surface area (Å²) in [5, 5.41) is 13.5. The molecule has 0 saturated carbocycles. The lowest BCUT2D eigenvalue weighted by molar-refractivity contribution is -0.129. The van der Waals surface area contributed by atoms with Crippen molar-refractivity contribution in [2.45, 2.75) is 6.54 Å². The molecule has 0 atom stereocenters. The van der Waals surface area contributed by atoms with E-state index in [2.05, 4.69) is 15.6 Å². The topological polar surface area (TPSA) is 112 Å². The lowest BCUT2D eigenvalue weighted by atomic mass is 10.0. The van der Waals surface area contributed by atoms with Gasteiger partial charge in [-0.05, 0) is 47.0 Å². The molecule has 0 aliphatic heterocycles. The van der Waals surface area contributed by atoms with Crippen LogP contribution < -0.4 is 10.6 Å². The average Bonchev–Trinajstić information content (AvgIpc) is 2.78. The first-order chi connectivity index (χ1) is 14.9. The second-order valence-electron chi connectivity index (χ2n) is 6.88. The van der Waals surface area contributed by atoms with E-state index in [1.165, 1.54) is 11.1 Å². The molecule has 1 aromatic heterocycles. The number of benzene rings is 2. The predicted octanol–water partition coefficient (Wildman–Crippen LogP) is 3.23. The Kier molecular flexibility index (Phi) is 6.95. The molecule has 3 amide bonds. The Morgan fingerprint density at radius 3 is 2.45 bits per heavy atom. The highest BCUT2D eigenvalue weighted by atomic mass is 16.4. The van der Waals surface area contributed by atoms with Crippen LogP contribution in [0.25, 0.3) is 11.1 Å². The third-order valence-corrected chi connectivity index (χ3v) is 4.56.